The topological polar surface area (TPSA) is 40.5 Å². The molecule has 2 rings (SSSR count). The van der Waals surface area contributed by atoms with Crippen LogP contribution in [0.25, 0.3) is 0 Å². The van der Waals surface area contributed by atoms with Crippen molar-refractivity contribution in [1.29, 1.82) is 0 Å². The molecule has 17 heavy (non-hydrogen) atoms. The number of amides is 1. The fourth-order valence-corrected chi connectivity index (χ4v) is 2.25. The molecule has 1 heterocycles. The molecule has 92 valence electrons. The molecular weight excluding hydrogens is 214 g/mol. The van der Waals surface area contributed by atoms with Crippen LogP contribution in [0.15, 0.2) is 24.3 Å². The number of benzene rings is 1. The van der Waals surface area contributed by atoms with Crippen molar-refractivity contribution in [2.24, 2.45) is 0 Å². The number of carbonyl (C=O) groups is 1. The van der Waals surface area contributed by atoms with Gasteiger partial charge in [-0.1, -0.05) is 18.2 Å². The van der Waals surface area contributed by atoms with Gasteiger partial charge in [-0.05, 0) is 37.8 Å². The van der Waals surface area contributed by atoms with Gasteiger partial charge in [-0.15, -0.1) is 0 Å². The van der Waals surface area contributed by atoms with Crippen molar-refractivity contribution >= 4 is 11.6 Å². The van der Waals surface area contributed by atoms with E-state index in [1.165, 1.54) is 5.56 Å². The number of anilines is 1. The molecule has 0 spiro atoms. The van der Waals surface area contributed by atoms with Gasteiger partial charge in [0.2, 0.25) is 5.91 Å². The molecule has 3 heteroatoms. The van der Waals surface area contributed by atoms with E-state index in [0.29, 0.717) is 19.4 Å². The fourth-order valence-electron chi connectivity index (χ4n) is 2.25. The monoisotopic (exact) mass is 233 g/mol. The van der Waals surface area contributed by atoms with Crippen LogP contribution < -0.4 is 4.90 Å². The molecule has 1 unspecified atom stereocenters. The van der Waals surface area contributed by atoms with Gasteiger partial charge in [-0.3, -0.25) is 4.79 Å². The predicted octanol–water partition coefficient (Wildman–Crippen LogP) is 2.13. The van der Waals surface area contributed by atoms with Crippen LogP contribution in [0.5, 0.6) is 0 Å². The second-order valence-electron chi connectivity index (χ2n) is 4.67. The highest BCUT2D eigenvalue weighted by atomic mass is 16.3. The van der Waals surface area contributed by atoms with Crippen molar-refractivity contribution in [1.82, 2.24) is 0 Å². The van der Waals surface area contributed by atoms with Gasteiger partial charge in [0, 0.05) is 18.7 Å². The summed E-state index contributed by atoms with van der Waals surface area (Å²) in [5, 5.41) is 9.35. The van der Waals surface area contributed by atoms with Crippen LogP contribution >= 0.6 is 0 Å². The first kappa shape index (κ1) is 12.1. The number of rotatable bonds is 3. The van der Waals surface area contributed by atoms with E-state index in [4.69, 9.17) is 0 Å². The molecule has 0 aliphatic carbocycles. The Hall–Kier alpha value is -1.35. The van der Waals surface area contributed by atoms with Crippen molar-refractivity contribution in [3.05, 3.63) is 29.8 Å². The molecule has 1 aromatic rings. The maximum Gasteiger partial charge on any atom is 0.226 e. The first-order valence-corrected chi connectivity index (χ1v) is 6.25. The highest BCUT2D eigenvalue weighted by molar-refractivity contribution is 5.94. The zero-order valence-electron chi connectivity index (χ0n) is 10.2. The van der Waals surface area contributed by atoms with Crippen LogP contribution in [0.1, 0.15) is 31.7 Å². The number of fused-ring (bicyclic) bond motifs is 1. The number of carbonyl (C=O) groups excluding carboxylic acids is 1. The van der Waals surface area contributed by atoms with Gasteiger partial charge < -0.3 is 10.0 Å². The van der Waals surface area contributed by atoms with E-state index >= 15 is 0 Å². The molecule has 1 amide bonds. The second kappa shape index (κ2) is 5.32. The lowest BCUT2D eigenvalue weighted by atomic mass is 10.1. The average molecular weight is 233 g/mol. The van der Waals surface area contributed by atoms with E-state index in [2.05, 4.69) is 6.07 Å². The smallest absolute Gasteiger partial charge is 0.226 e. The van der Waals surface area contributed by atoms with E-state index in [-0.39, 0.29) is 12.0 Å². The predicted molar refractivity (Wildman–Crippen MR) is 68.0 cm³/mol. The lowest BCUT2D eigenvalue weighted by Gasteiger charge is -2.23. The van der Waals surface area contributed by atoms with Gasteiger partial charge in [-0.2, -0.15) is 0 Å². The van der Waals surface area contributed by atoms with E-state index in [9.17, 15) is 9.90 Å². The third kappa shape index (κ3) is 2.86. The van der Waals surface area contributed by atoms with Gasteiger partial charge in [0.15, 0.2) is 0 Å². The number of aliphatic hydroxyl groups is 1. The lowest BCUT2D eigenvalue weighted by molar-refractivity contribution is -0.118. The van der Waals surface area contributed by atoms with Gasteiger partial charge >= 0.3 is 0 Å². The molecule has 0 bridgehead atoms. The molecule has 0 saturated heterocycles. The minimum atomic E-state index is -0.363. The maximum absolute atomic E-state index is 12.0. The highest BCUT2D eigenvalue weighted by Crippen LogP contribution is 2.26. The molecule has 1 aliphatic rings. The van der Waals surface area contributed by atoms with Crippen LogP contribution in [0.3, 0.4) is 0 Å². The number of hydrogen-bond donors (Lipinski definition) is 1. The third-order valence-corrected chi connectivity index (χ3v) is 3.19. The van der Waals surface area contributed by atoms with Crippen LogP contribution in [0.4, 0.5) is 5.69 Å². The number of para-hydroxylation sites is 1. The van der Waals surface area contributed by atoms with Crippen molar-refractivity contribution in [3.63, 3.8) is 0 Å². The Morgan fingerprint density at radius 2 is 2.12 bits per heavy atom. The van der Waals surface area contributed by atoms with Crippen molar-refractivity contribution < 1.29 is 9.90 Å². The van der Waals surface area contributed by atoms with Crippen LogP contribution in [-0.4, -0.2) is 23.7 Å². The molecule has 0 aromatic heterocycles. The van der Waals surface area contributed by atoms with E-state index in [1.807, 2.05) is 23.1 Å². The minimum Gasteiger partial charge on any atom is -0.393 e. The molecule has 3 nitrogen and oxygen atoms in total. The Balaban J connectivity index is 2.24. The lowest BCUT2D eigenvalue weighted by Crippen LogP contribution is -2.32. The summed E-state index contributed by atoms with van der Waals surface area (Å²) in [7, 11) is 0. The molecule has 0 saturated carbocycles. The Morgan fingerprint density at radius 1 is 1.35 bits per heavy atom. The molecule has 1 atom stereocenters. The van der Waals surface area contributed by atoms with E-state index in [0.717, 1.165) is 18.5 Å². The van der Waals surface area contributed by atoms with Gasteiger partial charge in [0.1, 0.15) is 0 Å². The first-order chi connectivity index (χ1) is 8.18. The summed E-state index contributed by atoms with van der Waals surface area (Å²) in [6, 6.07) is 8.07. The Labute approximate surface area is 102 Å². The molecule has 1 aliphatic heterocycles. The van der Waals surface area contributed by atoms with E-state index < -0.39 is 0 Å². The molecule has 0 radical (unpaired) electrons. The Bertz CT molecular complexity index is 401. The van der Waals surface area contributed by atoms with Crippen molar-refractivity contribution in [2.45, 2.75) is 38.7 Å². The summed E-state index contributed by atoms with van der Waals surface area (Å²) in [4.78, 5) is 13.9. The van der Waals surface area contributed by atoms with Crippen LogP contribution in [-0.2, 0) is 11.2 Å². The van der Waals surface area contributed by atoms with Crippen molar-refractivity contribution in [2.75, 3.05) is 11.4 Å². The molecule has 0 fully saturated rings. The summed E-state index contributed by atoms with van der Waals surface area (Å²) >= 11 is 0. The summed E-state index contributed by atoms with van der Waals surface area (Å²) in [6.45, 7) is 2.36. The SMILES string of the molecule is CC(O)CCN1C(=O)CCCc2ccccc21. The maximum atomic E-state index is 12.0. The summed E-state index contributed by atoms with van der Waals surface area (Å²) < 4.78 is 0. The van der Waals surface area contributed by atoms with Crippen LogP contribution in [0, 0.1) is 0 Å². The number of aliphatic hydroxyl groups excluding tert-OH is 1. The average Bonchev–Trinajstić information content (AvgIpc) is 2.45. The third-order valence-electron chi connectivity index (χ3n) is 3.19. The highest BCUT2D eigenvalue weighted by Gasteiger charge is 2.21. The molecule has 1 aromatic carbocycles. The van der Waals surface area contributed by atoms with Crippen molar-refractivity contribution in [3.8, 4) is 0 Å². The summed E-state index contributed by atoms with van der Waals surface area (Å²) in [5.74, 6) is 0.176. The quantitative estimate of drug-likeness (QED) is 0.868. The minimum absolute atomic E-state index is 0.176. The number of aryl methyl sites for hydroxylation is 1. The number of hydrogen-bond acceptors (Lipinski definition) is 2. The van der Waals surface area contributed by atoms with Gasteiger partial charge in [0.05, 0.1) is 6.10 Å². The standard InChI is InChI=1S/C14H19NO2/c1-11(16)9-10-15-13-7-3-2-5-12(13)6-4-8-14(15)17/h2-3,5,7,11,16H,4,6,8-10H2,1H3. The zero-order valence-corrected chi connectivity index (χ0v) is 10.2. The van der Waals surface area contributed by atoms with Crippen LogP contribution in [0.2, 0.25) is 0 Å². The van der Waals surface area contributed by atoms with E-state index in [1.54, 1.807) is 6.92 Å². The summed E-state index contributed by atoms with van der Waals surface area (Å²) in [6.07, 6.45) is 2.75. The zero-order chi connectivity index (χ0) is 12.3. The fraction of sp³-hybridized carbons (Fsp3) is 0.500. The molecular formula is C14H19NO2. The summed E-state index contributed by atoms with van der Waals surface area (Å²) in [5.41, 5.74) is 2.26. The second-order valence-corrected chi connectivity index (χ2v) is 4.67. The van der Waals surface area contributed by atoms with Gasteiger partial charge in [-0.25, -0.2) is 0 Å². The normalized spacial score (nSPS) is 17.5. The van der Waals surface area contributed by atoms with Gasteiger partial charge in [0.25, 0.3) is 0 Å². The Morgan fingerprint density at radius 3 is 2.88 bits per heavy atom. The Kier molecular flexibility index (Phi) is 3.79. The molecule has 1 N–H and O–H groups in total. The number of nitrogens with zero attached hydrogens (tertiary/aromatic N) is 1. The first-order valence-electron chi connectivity index (χ1n) is 6.25. The largest absolute Gasteiger partial charge is 0.393 e.